The van der Waals surface area contributed by atoms with Gasteiger partial charge in [0, 0.05) is 18.9 Å². The molecule has 1 aromatic heterocycles. The highest BCUT2D eigenvalue weighted by atomic mass is 14.8. The summed E-state index contributed by atoms with van der Waals surface area (Å²) in [7, 11) is 0. The normalized spacial score (nSPS) is 10.7. The van der Waals surface area contributed by atoms with Crippen LogP contribution >= 0.6 is 0 Å². The van der Waals surface area contributed by atoms with E-state index in [2.05, 4.69) is 55.3 Å². The van der Waals surface area contributed by atoms with Crippen molar-refractivity contribution in [2.75, 3.05) is 6.54 Å². The van der Waals surface area contributed by atoms with E-state index in [9.17, 15) is 0 Å². The number of nitrogens with one attached hydrogen (secondary N) is 1. The highest BCUT2D eigenvalue weighted by molar-refractivity contribution is 5.70. The van der Waals surface area contributed by atoms with Crippen LogP contribution in [0.5, 0.6) is 0 Å². The summed E-state index contributed by atoms with van der Waals surface area (Å²) in [6, 6.07) is 8.79. The van der Waals surface area contributed by atoms with Crippen LogP contribution in [0.15, 0.2) is 36.7 Å². The van der Waals surface area contributed by atoms with Crippen molar-refractivity contribution in [1.29, 1.82) is 0 Å². The topological polar surface area (TPSA) is 24.9 Å². The van der Waals surface area contributed by atoms with E-state index in [0.29, 0.717) is 0 Å². The first-order valence-electron chi connectivity index (χ1n) is 6.93. The summed E-state index contributed by atoms with van der Waals surface area (Å²) < 4.78 is 0. The Hall–Kier alpha value is -1.67. The minimum absolute atomic E-state index is 0.922. The maximum absolute atomic E-state index is 4.18. The standard InChI is InChI=1S/C17H22N2/c1-4-8-18-12-15-6-5-13(2)10-17(15)16-7-9-19-11-14(16)3/h5-7,9-11,18H,4,8,12H2,1-3H3. The van der Waals surface area contributed by atoms with Gasteiger partial charge in [0.2, 0.25) is 0 Å². The number of rotatable bonds is 5. The fraction of sp³-hybridized carbons (Fsp3) is 0.353. The summed E-state index contributed by atoms with van der Waals surface area (Å²) in [6.45, 7) is 8.43. The van der Waals surface area contributed by atoms with Crippen molar-refractivity contribution >= 4 is 0 Å². The minimum atomic E-state index is 0.922. The Morgan fingerprint density at radius 1 is 1.11 bits per heavy atom. The molecule has 0 spiro atoms. The van der Waals surface area contributed by atoms with E-state index in [1.165, 1.54) is 27.8 Å². The Morgan fingerprint density at radius 2 is 1.95 bits per heavy atom. The van der Waals surface area contributed by atoms with Crippen molar-refractivity contribution in [2.45, 2.75) is 33.7 Å². The SMILES string of the molecule is CCCNCc1ccc(C)cc1-c1ccncc1C. The molecule has 0 bridgehead atoms. The van der Waals surface area contributed by atoms with Crippen molar-refractivity contribution in [3.63, 3.8) is 0 Å². The van der Waals surface area contributed by atoms with Gasteiger partial charge in [0.25, 0.3) is 0 Å². The summed E-state index contributed by atoms with van der Waals surface area (Å²) in [4.78, 5) is 4.18. The average Bonchev–Trinajstić information content (AvgIpc) is 2.41. The molecule has 0 aliphatic carbocycles. The van der Waals surface area contributed by atoms with E-state index in [0.717, 1.165) is 19.5 Å². The number of benzene rings is 1. The van der Waals surface area contributed by atoms with E-state index in [-0.39, 0.29) is 0 Å². The van der Waals surface area contributed by atoms with Gasteiger partial charge in [-0.15, -0.1) is 0 Å². The van der Waals surface area contributed by atoms with E-state index in [1.54, 1.807) is 0 Å². The molecule has 0 fully saturated rings. The summed E-state index contributed by atoms with van der Waals surface area (Å²) in [5, 5.41) is 3.48. The lowest BCUT2D eigenvalue weighted by Crippen LogP contribution is -2.14. The van der Waals surface area contributed by atoms with Gasteiger partial charge in [0.1, 0.15) is 0 Å². The highest BCUT2D eigenvalue weighted by Crippen LogP contribution is 2.27. The third-order valence-corrected chi connectivity index (χ3v) is 3.32. The molecular formula is C17H22N2. The molecular weight excluding hydrogens is 232 g/mol. The van der Waals surface area contributed by atoms with Crippen LogP contribution in [-0.2, 0) is 6.54 Å². The van der Waals surface area contributed by atoms with Crippen LogP contribution in [0, 0.1) is 13.8 Å². The molecule has 19 heavy (non-hydrogen) atoms. The molecule has 0 aliphatic rings. The number of aromatic nitrogens is 1. The predicted molar refractivity (Wildman–Crippen MR) is 81.1 cm³/mol. The molecule has 0 saturated carbocycles. The van der Waals surface area contributed by atoms with Crippen molar-refractivity contribution in [2.24, 2.45) is 0 Å². The fourth-order valence-electron chi connectivity index (χ4n) is 2.27. The second-order valence-electron chi connectivity index (χ2n) is 5.03. The third-order valence-electron chi connectivity index (χ3n) is 3.32. The molecule has 0 unspecified atom stereocenters. The van der Waals surface area contributed by atoms with Gasteiger partial charge in [-0.3, -0.25) is 4.98 Å². The van der Waals surface area contributed by atoms with Crippen LogP contribution in [0.1, 0.15) is 30.0 Å². The minimum Gasteiger partial charge on any atom is -0.313 e. The second-order valence-corrected chi connectivity index (χ2v) is 5.03. The zero-order valence-electron chi connectivity index (χ0n) is 12.0. The van der Waals surface area contributed by atoms with Crippen molar-refractivity contribution < 1.29 is 0 Å². The van der Waals surface area contributed by atoms with Crippen LogP contribution in [0.4, 0.5) is 0 Å². The van der Waals surface area contributed by atoms with Gasteiger partial charge in [-0.05, 0) is 55.1 Å². The first-order chi connectivity index (χ1) is 9.22. The molecule has 1 aromatic carbocycles. The molecule has 0 atom stereocenters. The van der Waals surface area contributed by atoms with Gasteiger partial charge in [-0.2, -0.15) is 0 Å². The lowest BCUT2D eigenvalue weighted by molar-refractivity contribution is 0.676. The second kappa shape index (κ2) is 6.48. The van der Waals surface area contributed by atoms with Crippen molar-refractivity contribution in [1.82, 2.24) is 10.3 Å². The quantitative estimate of drug-likeness (QED) is 0.819. The van der Waals surface area contributed by atoms with Crippen molar-refractivity contribution in [3.8, 4) is 11.1 Å². The van der Waals surface area contributed by atoms with Crippen LogP contribution in [0.25, 0.3) is 11.1 Å². The maximum atomic E-state index is 4.18. The fourth-order valence-corrected chi connectivity index (χ4v) is 2.27. The predicted octanol–water partition coefficient (Wildman–Crippen LogP) is 3.87. The summed E-state index contributed by atoms with van der Waals surface area (Å²) in [6.07, 6.45) is 4.96. The lowest BCUT2D eigenvalue weighted by Gasteiger charge is -2.13. The molecule has 2 aromatic rings. The molecule has 2 nitrogen and oxygen atoms in total. The number of nitrogens with zero attached hydrogens (tertiary/aromatic N) is 1. The van der Waals surface area contributed by atoms with E-state index < -0.39 is 0 Å². The Morgan fingerprint density at radius 3 is 2.68 bits per heavy atom. The summed E-state index contributed by atoms with van der Waals surface area (Å²) in [5.41, 5.74) is 6.49. The molecule has 1 heterocycles. The van der Waals surface area contributed by atoms with Crippen LogP contribution < -0.4 is 5.32 Å². The molecule has 0 aliphatic heterocycles. The van der Waals surface area contributed by atoms with Gasteiger partial charge < -0.3 is 5.32 Å². The monoisotopic (exact) mass is 254 g/mol. The number of hydrogen-bond donors (Lipinski definition) is 1. The highest BCUT2D eigenvalue weighted by Gasteiger charge is 2.07. The Labute approximate surface area is 115 Å². The molecule has 2 rings (SSSR count). The van der Waals surface area contributed by atoms with E-state index in [1.807, 2.05) is 12.4 Å². The zero-order chi connectivity index (χ0) is 13.7. The number of pyridine rings is 1. The van der Waals surface area contributed by atoms with E-state index >= 15 is 0 Å². The molecule has 0 amide bonds. The smallest absolute Gasteiger partial charge is 0.0303 e. The Kier molecular flexibility index (Phi) is 4.69. The first-order valence-corrected chi connectivity index (χ1v) is 6.93. The lowest BCUT2D eigenvalue weighted by atomic mass is 9.95. The van der Waals surface area contributed by atoms with Gasteiger partial charge in [0.15, 0.2) is 0 Å². The molecule has 0 radical (unpaired) electrons. The molecule has 2 heteroatoms. The third kappa shape index (κ3) is 3.42. The van der Waals surface area contributed by atoms with Crippen LogP contribution in [-0.4, -0.2) is 11.5 Å². The maximum Gasteiger partial charge on any atom is 0.0303 e. The first kappa shape index (κ1) is 13.8. The van der Waals surface area contributed by atoms with Gasteiger partial charge in [0.05, 0.1) is 0 Å². The van der Waals surface area contributed by atoms with Crippen LogP contribution in [0.2, 0.25) is 0 Å². The molecule has 1 N–H and O–H groups in total. The molecule has 0 saturated heterocycles. The number of aryl methyl sites for hydroxylation is 2. The summed E-state index contributed by atoms with van der Waals surface area (Å²) >= 11 is 0. The Bertz CT molecular complexity index is 547. The van der Waals surface area contributed by atoms with Crippen LogP contribution in [0.3, 0.4) is 0 Å². The van der Waals surface area contributed by atoms with Gasteiger partial charge in [-0.1, -0.05) is 30.7 Å². The van der Waals surface area contributed by atoms with Gasteiger partial charge >= 0.3 is 0 Å². The number of hydrogen-bond acceptors (Lipinski definition) is 2. The zero-order valence-corrected chi connectivity index (χ0v) is 12.0. The molecule has 100 valence electrons. The summed E-state index contributed by atoms with van der Waals surface area (Å²) in [5.74, 6) is 0. The average molecular weight is 254 g/mol. The Balaban J connectivity index is 2.37. The van der Waals surface area contributed by atoms with E-state index in [4.69, 9.17) is 0 Å². The van der Waals surface area contributed by atoms with Gasteiger partial charge in [-0.25, -0.2) is 0 Å². The largest absolute Gasteiger partial charge is 0.313 e. The van der Waals surface area contributed by atoms with Crippen molar-refractivity contribution in [3.05, 3.63) is 53.3 Å².